The van der Waals surface area contributed by atoms with Crippen LogP contribution in [0.4, 0.5) is 0 Å². The summed E-state index contributed by atoms with van der Waals surface area (Å²) >= 11 is 1.54. The van der Waals surface area contributed by atoms with Gasteiger partial charge in [-0.1, -0.05) is 54.6 Å². The molecule has 1 fully saturated rings. The molecule has 4 rings (SSSR count). The topological polar surface area (TPSA) is 86.7 Å². The lowest BCUT2D eigenvalue weighted by Crippen LogP contribution is -2.37. The second kappa shape index (κ2) is 10.4. The number of carboxylic acid groups (broad SMARTS) is 1. The first-order valence-electron chi connectivity index (χ1n) is 11.0. The average Bonchev–Trinajstić information content (AvgIpc) is 3.49. The summed E-state index contributed by atoms with van der Waals surface area (Å²) in [5.41, 5.74) is 4.12. The third-order valence-corrected chi connectivity index (χ3v) is 7.08. The van der Waals surface area contributed by atoms with Crippen molar-refractivity contribution in [3.8, 4) is 11.1 Å². The molecule has 0 saturated carbocycles. The summed E-state index contributed by atoms with van der Waals surface area (Å²) in [6, 6.07) is 19.3. The molecule has 2 heterocycles. The lowest BCUT2D eigenvalue weighted by Gasteiger charge is -2.24. The van der Waals surface area contributed by atoms with Gasteiger partial charge in [-0.05, 0) is 46.5 Å². The zero-order valence-corrected chi connectivity index (χ0v) is 19.0. The highest BCUT2D eigenvalue weighted by molar-refractivity contribution is 7.10. The van der Waals surface area contributed by atoms with Crippen molar-refractivity contribution in [3.05, 3.63) is 82.0 Å². The van der Waals surface area contributed by atoms with Gasteiger partial charge in [-0.3, -0.25) is 9.59 Å². The molecule has 0 bridgehead atoms. The molecule has 0 spiro atoms. The van der Waals surface area contributed by atoms with Crippen molar-refractivity contribution >= 4 is 29.6 Å². The summed E-state index contributed by atoms with van der Waals surface area (Å²) in [6.45, 7) is 0.725. The van der Waals surface area contributed by atoms with Crippen molar-refractivity contribution in [3.63, 3.8) is 0 Å². The Morgan fingerprint density at radius 1 is 1.09 bits per heavy atom. The number of carboxylic acids is 1. The van der Waals surface area contributed by atoms with Gasteiger partial charge in [0.15, 0.2) is 0 Å². The minimum atomic E-state index is -1.06. The van der Waals surface area contributed by atoms with Crippen molar-refractivity contribution in [2.45, 2.75) is 37.8 Å². The monoisotopic (exact) mass is 462 g/mol. The molecule has 2 atom stereocenters. The van der Waals surface area contributed by atoms with E-state index in [1.54, 1.807) is 11.3 Å². The maximum atomic E-state index is 13.1. The van der Waals surface area contributed by atoms with Gasteiger partial charge in [0.25, 0.3) is 0 Å². The number of likely N-dealkylation sites (tertiary alicyclic amines) is 1. The molecule has 2 unspecified atom stereocenters. The summed E-state index contributed by atoms with van der Waals surface area (Å²) in [5, 5.41) is 13.5. The van der Waals surface area contributed by atoms with Gasteiger partial charge in [0.05, 0.1) is 12.5 Å². The van der Waals surface area contributed by atoms with Crippen molar-refractivity contribution in [2.75, 3.05) is 6.54 Å². The zero-order valence-electron chi connectivity index (χ0n) is 18.1. The van der Waals surface area contributed by atoms with E-state index in [4.69, 9.17) is 0 Å². The maximum absolute atomic E-state index is 13.1. The number of hydrogen-bond acceptors (Lipinski definition) is 4. The Labute approximate surface area is 196 Å². The Kier molecular flexibility index (Phi) is 7.19. The van der Waals surface area contributed by atoms with Crippen LogP contribution in [-0.4, -0.2) is 40.9 Å². The minimum Gasteiger partial charge on any atom is -0.480 e. The number of hydrogen-bond donors (Lipinski definition) is 2. The van der Waals surface area contributed by atoms with E-state index in [1.165, 1.54) is 0 Å². The summed E-state index contributed by atoms with van der Waals surface area (Å²) < 4.78 is 0. The predicted octanol–water partition coefficient (Wildman–Crippen LogP) is 4.06. The first kappa shape index (κ1) is 22.7. The van der Waals surface area contributed by atoms with E-state index in [0.717, 1.165) is 46.5 Å². The number of amides is 2. The summed E-state index contributed by atoms with van der Waals surface area (Å²) in [6.07, 6.45) is 2.83. The minimum absolute atomic E-state index is 0.0159. The van der Waals surface area contributed by atoms with Crippen molar-refractivity contribution < 1.29 is 19.5 Å². The van der Waals surface area contributed by atoms with Crippen molar-refractivity contribution in [2.24, 2.45) is 0 Å². The van der Waals surface area contributed by atoms with Gasteiger partial charge >= 0.3 is 5.97 Å². The molecule has 1 aromatic heterocycles. The number of rotatable bonds is 9. The second-order valence-corrected chi connectivity index (χ2v) is 9.16. The van der Waals surface area contributed by atoms with Crippen LogP contribution in [0.3, 0.4) is 0 Å². The van der Waals surface area contributed by atoms with Gasteiger partial charge in [0.2, 0.25) is 12.3 Å². The smallest absolute Gasteiger partial charge is 0.326 e. The van der Waals surface area contributed by atoms with E-state index in [-0.39, 0.29) is 18.4 Å². The Hall–Kier alpha value is -3.45. The summed E-state index contributed by atoms with van der Waals surface area (Å²) in [4.78, 5) is 38.1. The molecule has 1 aliphatic rings. The van der Waals surface area contributed by atoms with Gasteiger partial charge in [-0.2, -0.15) is 0 Å². The molecule has 6 nitrogen and oxygen atoms in total. The van der Waals surface area contributed by atoms with Gasteiger partial charge < -0.3 is 15.3 Å². The second-order valence-electron chi connectivity index (χ2n) is 8.22. The predicted molar refractivity (Wildman–Crippen MR) is 128 cm³/mol. The van der Waals surface area contributed by atoms with Gasteiger partial charge in [0.1, 0.15) is 6.04 Å². The molecular weight excluding hydrogens is 436 g/mol. The van der Waals surface area contributed by atoms with E-state index >= 15 is 0 Å². The number of thiophene rings is 1. The van der Waals surface area contributed by atoms with E-state index < -0.39 is 12.0 Å². The Morgan fingerprint density at radius 3 is 2.52 bits per heavy atom. The average molecular weight is 463 g/mol. The fourth-order valence-corrected chi connectivity index (χ4v) is 5.37. The lowest BCUT2D eigenvalue weighted by atomic mass is 10.0. The van der Waals surface area contributed by atoms with Crippen LogP contribution in [0.15, 0.2) is 66.0 Å². The molecule has 0 radical (unpaired) electrons. The van der Waals surface area contributed by atoms with E-state index in [0.29, 0.717) is 12.8 Å². The number of aliphatic carboxylic acids is 1. The molecular formula is C26H26N2O4S. The maximum Gasteiger partial charge on any atom is 0.326 e. The molecule has 1 saturated heterocycles. The molecule has 7 heteroatoms. The summed E-state index contributed by atoms with van der Waals surface area (Å²) in [5.74, 6) is -0.961. The normalized spacial score (nSPS) is 16.4. The van der Waals surface area contributed by atoms with Gasteiger partial charge in [-0.25, -0.2) is 4.79 Å². The molecule has 2 amide bonds. The van der Waals surface area contributed by atoms with Crippen molar-refractivity contribution in [1.29, 1.82) is 0 Å². The zero-order chi connectivity index (χ0) is 23.2. The van der Waals surface area contributed by atoms with Crippen LogP contribution in [0.1, 0.15) is 34.9 Å². The standard InChI is InChI=1S/C26H26N2O4S/c29-17-27-22(26(31)32)13-19-14-24(33-16-19)23-7-4-12-28(23)25(30)15-18-8-10-21(11-9-18)20-5-2-1-3-6-20/h1-3,5-6,8-11,14,16-17,22-23H,4,7,12-13,15H2,(H,27,29)(H,31,32). The highest BCUT2D eigenvalue weighted by atomic mass is 32.1. The Morgan fingerprint density at radius 2 is 1.82 bits per heavy atom. The number of benzene rings is 2. The van der Waals surface area contributed by atoms with Crippen molar-refractivity contribution in [1.82, 2.24) is 10.2 Å². The van der Waals surface area contributed by atoms with Crippen LogP contribution in [0.5, 0.6) is 0 Å². The fourth-order valence-electron chi connectivity index (χ4n) is 4.29. The molecule has 33 heavy (non-hydrogen) atoms. The van der Waals surface area contributed by atoms with Gasteiger partial charge in [0, 0.05) is 17.8 Å². The molecule has 1 aliphatic heterocycles. The lowest BCUT2D eigenvalue weighted by molar-refractivity contribution is -0.140. The van der Waals surface area contributed by atoms with Crippen LogP contribution in [0.2, 0.25) is 0 Å². The Balaban J connectivity index is 1.41. The van der Waals surface area contributed by atoms with E-state index in [9.17, 15) is 19.5 Å². The molecule has 0 aliphatic carbocycles. The molecule has 2 aromatic carbocycles. The van der Waals surface area contributed by atoms with Crippen LogP contribution in [0.25, 0.3) is 11.1 Å². The van der Waals surface area contributed by atoms with Crippen LogP contribution >= 0.6 is 11.3 Å². The first-order chi connectivity index (χ1) is 16.0. The third-order valence-electron chi connectivity index (χ3n) is 6.00. The highest BCUT2D eigenvalue weighted by Crippen LogP contribution is 2.36. The highest BCUT2D eigenvalue weighted by Gasteiger charge is 2.31. The van der Waals surface area contributed by atoms with Crippen LogP contribution in [-0.2, 0) is 27.2 Å². The van der Waals surface area contributed by atoms with Crippen LogP contribution in [0, 0.1) is 0 Å². The summed E-state index contributed by atoms with van der Waals surface area (Å²) in [7, 11) is 0. The SMILES string of the molecule is O=CNC(Cc1csc(C2CCCN2C(=O)Cc2ccc(-c3ccccc3)cc2)c1)C(=O)O. The molecule has 2 N–H and O–H groups in total. The van der Waals surface area contributed by atoms with Gasteiger partial charge in [-0.15, -0.1) is 11.3 Å². The quantitative estimate of drug-likeness (QED) is 0.470. The number of nitrogens with zero attached hydrogens (tertiary/aromatic N) is 1. The fraction of sp³-hybridized carbons (Fsp3) is 0.269. The van der Waals surface area contributed by atoms with Crippen LogP contribution < -0.4 is 5.32 Å². The van der Waals surface area contributed by atoms with E-state index in [1.807, 2.05) is 46.7 Å². The molecule has 3 aromatic rings. The first-order valence-corrected chi connectivity index (χ1v) is 11.9. The molecule has 170 valence electrons. The Bertz CT molecular complexity index is 1110. The third kappa shape index (κ3) is 5.49. The largest absolute Gasteiger partial charge is 0.480 e. The number of carbonyl (C=O) groups excluding carboxylic acids is 2. The van der Waals surface area contributed by atoms with E-state index in [2.05, 4.69) is 29.6 Å². The number of carbonyl (C=O) groups is 3. The number of nitrogens with one attached hydrogen (secondary N) is 1.